The highest BCUT2D eigenvalue weighted by molar-refractivity contribution is 9.10. The number of nitrogens with zero attached hydrogens (tertiary/aromatic N) is 2. The second kappa shape index (κ2) is 7.94. The third-order valence-electron chi connectivity index (χ3n) is 4.38. The van der Waals surface area contributed by atoms with Crippen molar-refractivity contribution >= 4 is 21.8 Å². The first-order chi connectivity index (χ1) is 11.7. The summed E-state index contributed by atoms with van der Waals surface area (Å²) in [5.74, 6) is 2.09. The minimum atomic E-state index is 0.189. The second-order valence-corrected chi connectivity index (χ2v) is 7.00. The highest BCUT2D eigenvalue weighted by Crippen LogP contribution is 2.28. The summed E-state index contributed by atoms with van der Waals surface area (Å²) in [6.07, 6.45) is 3.79. The molecule has 0 radical (unpaired) electrons. The number of hydrogen-bond donors (Lipinski definition) is 1. The minimum Gasteiger partial charge on any atom is -0.441 e. The van der Waals surface area contributed by atoms with Crippen LogP contribution < -0.4 is 5.32 Å². The SMILES string of the molecule is CNC[C@@H]1CCN(C(=O)CCc2ncc(-c3ccccc3Br)o2)C1. The van der Waals surface area contributed by atoms with Crippen LogP contribution in [-0.2, 0) is 11.2 Å². The molecular formula is C18H22BrN3O2. The molecule has 0 bridgehead atoms. The van der Waals surface area contributed by atoms with Crippen LogP contribution in [0.3, 0.4) is 0 Å². The van der Waals surface area contributed by atoms with Crippen molar-refractivity contribution in [1.82, 2.24) is 15.2 Å². The van der Waals surface area contributed by atoms with Gasteiger partial charge in [-0.25, -0.2) is 4.98 Å². The van der Waals surface area contributed by atoms with Gasteiger partial charge >= 0.3 is 0 Å². The predicted octanol–water partition coefficient (Wildman–Crippen LogP) is 3.10. The normalized spacial score (nSPS) is 17.4. The van der Waals surface area contributed by atoms with Crippen molar-refractivity contribution in [1.29, 1.82) is 0 Å². The maximum Gasteiger partial charge on any atom is 0.223 e. The van der Waals surface area contributed by atoms with Crippen molar-refractivity contribution in [3.63, 3.8) is 0 Å². The Morgan fingerprint density at radius 1 is 1.46 bits per heavy atom. The maximum atomic E-state index is 12.3. The molecule has 0 saturated carbocycles. The van der Waals surface area contributed by atoms with Crippen molar-refractivity contribution in [2.45, 2.75) is 19.3 Å². The smallest absolute Gasteiger partial charge is 0.223 e. The van der Waals surface area contributed by atoms with Crippen LogP contribution in [0.1, 0.15) is 18.7 Å². The lowest BCUT2D eigenvalue weighted by atomic mass is 10.1. The topological polar surface area (TPSA) is 58.4 Å². The van der Waals surface area contributed by atoms with E-state index < -0.39 is 0 Å². The molecule has 1 aliphatic heterocycles. The van der Waals surface area contributed by atoms with E-state index in [0.717, 1.165) is 41.9 Å². The zero-order valence-corrected chi connectivity index (χ0v) is 15.4. The third kappa shape index (κ3) is 4.05. The molecule has 0 aliphatic carbocycles. The Labute approximate surface area is 150 Å². The first-order valence-electron chi connectivity index (χ1n) is 8.29. The summed E-state index contributed by atoms with van der Waals surface area (Å²) >= 11 is 3.51. The number of carbonyl (C=O) groups is 1. The van der Waals surface area contributed by atoms with Crippen LogP contribution in [0, 0.1) is 5.92 Å². The highest BCUT2D eigenvalue weighted by Gasteiger charge is 2.25. The number of aromatic nitrogens is 1. The average Bonchev–Trinajstić information content (AvgIpc) is 3.23. The van der Waals surface area contributed by atoms with E-state index in [2.05, 4.69) is 26.2 Å². The standard InChI is InChI=1S/C18H22BrN3O2/c1-20-10-13-8-9-22(12-13)18(23)7-6-17-21-11-16(24-17)14-4-2-3-5-15(14)19/h2-5,11,13,20H,6-10,12H2,1H3/t13-/m0/s1. The summed E-state index contributed by atoms with van der Waals surface area (Å²) in [6, 6.07) is 7.86. The van der Waals surface area contributed by atoms with Crippen molar-refractivity contribution in [3.05, 3.63) is 40.8 Å². The second-order valence-electron chi connectivity index (χ2n) is 6.15. The largest absolute Gasteiger partial charge is 0.441 e. The number of halogens is 1. The number of amides is 1. The van der Waals surface area contributed by atoms with Gasteiger partial charge in [-0.3, -0.25) is 4.79 Å². The molecule has 3 rings (SSSR count). The Hall–Kier alpha value is -1.66. The molecule has 1 aliphatic rings. The molecule has 2 heterocycles. The number of oxazole rings is 1. The van der Waals surface area contributed by atoms with E-state index in [1.165, 1.54) is 0 Å². The average molecular weight is 392 g/mol. The monoisotopic (exact) mass is 391 g/mol. The van der Waals surface area contributed by atoms with Crippen LogP contribution in [0.5, 0.6) is 0 Å². The molecule has 1 aromatic heterocycles. The van der Waals surface area contributed by atoms with Crippen LogP contribution in [0.15, 0.2) is 39.4 Å². The van der Waals surface area contributed by atoms with Crippen molar-refractivity contribution in [2.24, 2.45) is 5.92 Å². The van der Waals surface area contributed by atoms with Gasteiger partial charge in [0.2, 0.25) is 5.91 Å². The molecular weight excluding hydrogens is 370 g/mol. The molecule has 2 aromatic rings. The van der Waals surface area contributed by atoms with E-state index in [4.69, 9.17) is 4.42 Å². The number of likely N-dealkylation sites (tertiary alicyclic amines) is 1. The lowest BCUT2D eigenvalue weighted by Gasteiger charge is -2.16. The van der Waals surface area contributed by atoms with Gasteiger partial charge in [-0.05, 0) is 32.0 Å². The maximum absolute atomic E-state index is 12.3. The zero-order valence-electron chi connectivity index (χ0n) is 13.8. The fourth-order valence-electron chi connectivity index (χ4n) is 3.10. The molecule has 0 unspecified atom stereocenters. The summed E-state index contributed by atoms with van der Waals surface area (Å²) in [5.41, 5.74) is 0.969. The first-order valence-corrected chi connectivity index (χ1v) is 9.08. The number of nitrogens with one attached hydrogen (secondary N) is 1. The van der Waals surface area contributed by atoms with Gasteiger partial charge in [-0.1, -0.05) is 34.1 Å². The van der Waals surface area contributed by atoms with Crippen LogP contribution >= 0.6 is 15.9 Å². The highest BCUT2D eigenvalue weighted by atomic mass is 79.9. The summed E-state index contributed by atoms with van der Waals surface area (Å²) in [7, 11) is 1.95. The van der Waals surface area contributed by atoms with Crippen molar-refractivity contribution in [3.8, 4) is 11.3 Å². The number of aryl methyl sites for hydroxylation is 1. The molecule has 1 atom stereocenters. The van der Waals surface area contributed by atoms with Crippen LogP contribution in [0.25, 0.3) is 11.3 Å². The van der Waals surface area contributed by atoms with Crippen LogP contribution in [0.4, 0.5) is 0 Å². The Morgan fingerprint density at radius 3 is 3.08 bits per heavy atom. The summed E-state index contributed by atoms with van der Waals surface area (Å²) in [5, 5.41) is 3.18. The van der Waals surface area contributed by atoms with Gasteiger partial charge < -0.3 is 14.6 Å². The summed E-state index contributed by atoms with van der Waals surface area (Å²) in [4.78, 5) is 18.6. The molecule has 0 spiro atoms. The van der Waals surface area contributed by atoms with E-state index in [0.29, 0.717) is 24.7 Å². The Bertz CT molecular complexity index is 701. The number of benzene rings is 1. The van der Waals surface area contributed by atoms with Gasteiger partial charge in [-0.2, -0.15) is 0 Å². The molecule has 1 N–H and O–H groups in total. The van der Waals surface area contributed by atoms with Gasteiger partial charge in [0.05, 0.1) is 6.20 Å². The number of carbonyl (C=O) groups excluding carboxylic acids is 1. The van der Waals surface area contributed by atoms with Crippen LogP contribution in [-0.4, -0.2) is 42.5 Å². The minimum absolute atomic E-state index is 0.189. The third-order valence-corrected chi connectivity index (χ3v) is 5.07. The quantitative estimate of drug-likeness (QED) is 0.821. The Kier molecular flexibility index (Phi) is 5.68. The van der Waals surface area contributed by atoms with E-state index in [1.54, 1.807) is 6.20 Å². The number of hydrogen-bond acceptors (Lipinski definition) is 4. The van der Waals surface area contributed by atoms with Crippen molar-refractivity contribution < 1.29 is 9.21 Å². The van der Waals surface area contributed by atoms with Gasteiger partial charge in [0.1, 0.15) is 0 Å². The van der Waals surface area contributed by atoms with Crippen LogP contribution in [0.2, 0.25) is 0 Å². The fraction of sp³-hybridized carbons (Fsp3) is 0.444. The fourth-order valence-corrected chi connectivity index (χ4v) is 3.58. The first kappa shape index (κ1) is 17.2. The van der Waals surface area contributed by atoms with E-state index in [9.17, 15) is 4.79 Å². The number of rotatable bonds is 6. The molecule has 24 heavy (non-hydrogen) atoms. The molecule has 1 aromatic carbocycles. The molecule has 128 valence electrons. The van der Waals surface area contributed by atoms with Gasteiger partial charge in [0, 0.05) is 36.0 Å². The van der Waals surface area contributed by atoms with E-state index in [1.807, 2.05) is 36.2 Å². The lowest BCUT2D eigenvalue weighted by molar-refractivity contribution is -0.130. The molecule has 1 amide bonds. The van der Waals surface area contributed by atoms with E-state index >= 15 is 0 Å². The van der Waals surface area contributed by atoms with Crippen molar-refractivity contribution in [2.75, 3.05) is 26.7 Å². The molecule has 5 nitrogen and oxygen atoms in total. The summed E-state index contributed by atoms with van der Waals surface area (Å²) < 4.78 is 6.77. The Balaban J connectivity index is 1.54. The lowest BCUT2D eigenvalue weighted by Crippen LogP contribution is -2.30. The molecule has 1 saturated heterocycles. The Morgan fingerprint density at radius 2 is 2.29 bits per heavy atom. The molecule has 1 fully saturated rings. The summed E-state index contributed by atoms with van der Waals surface area (Å²) in [6.45, 7) is 2.69. The predicted molar refractivity (Wildman–Crippen MR) is 96.6 cm³/mol. The van der Waals surface area contributed by atoms with E-state index in [-0.39, 0.29) is 5.91 Å². The molecule has 6 heteroatoms. The van der Waals surface area contributed by atoms with Gasteiger partial charge in [0.15, 0.2) is 11.7 Å². The van der Waals surface area contributed by atoms with Gasteiger partial charge in [-0.15, -0.1) is 0 Å². The zero-order chi connectivity index (χ0) is 16.9. The van der Waals surface area contributed by atoms with Gasteiger partial charge in [0.25, 0.3) is 0 Å².